The number of fused-ring (bicyclic) bond motifs is 7. The standard InChI is InChI=1S/C37H22N6O/c1-3-9-23(10-4-1)35-40-36(24-11-5-2-6-12-24)42-37(41-35)25-15-17-26(18-16-25)43-29-14-8-7-13-27(29)32-30(43)20-19-28-33-31(44-34(28)32)21-38-22-39-33/h1-22H. The third-order valence-corrected chi connectivity index (χ3v) is 8.02. The summed E-state index contributed by atoms with van der Waals surface area (Å²) in [5, 5.41) is 3.14. The average Bonchev–Trinajstić information content (AvgIpc) is 3.65. The fourth-order valence-corrected chi connectivity index (χ4v) is 6.00. The van der Waals surface area contributed by atoms with Crippen LogP contribution in [-0.2, 0) is 0 Å². The van der Waals surface area contributed by atoms with Crippen molar-refractivity contribution < 1.29 is 4.42 Å². The van der Waals surface area contributed by atoms with E-state index in [0.29, 0.717) is 23.1 Å². The third-order valence-electron chi connectivity index (χ3n) is 8.02. The topological polar surface area (TPSA) is 82.5 Å². The van der Waals surface area contributed by atoms with Crippen LogP contribution in [0, 0.1) is 0 Å². The fourth-order valence-electron chi connectivity index (χ4n) is 6.00. The predicted molar refractivity (Wildman–Crippen MR) is 173 cm³/mol. The Balaban J connectivity index is 1.21. The van der Waals surface area contributed by atoms with Crippen LogP contribution < -0.4 is 0 Å². The zero-order valence-electron chi connectivity index (χ0n) is 23.3. The fraction of sp³-hybridized carbons (Fsp3) is 0. The summed E-state index contributed by atoms with van der Waals surface area (Å²) < 4.78 is 8.60. The van der Waals surface area contributed by atoms with Gasteiger partial charge in [0.1, 0.15) is 17.4 Å². The summed E-state index contributed by atoms with van der Waals surface area (Å²) in [5.74, 6) is 1.90. The number of aromatic nitrogens is 6. The van der Waals surface area contributed by atoms with Crippen LogP contribution in [0.4, 0.5) is 0 Å². The van der Waals surface area contributed by atoms with E-state index >= 15 is 0 Å². The van der Waals surface area contributed by atoms with E-state index in [1.807, 2.05) is 60.7 Å². The number of furan rings is 1. The molecule has 9 aromatic rings. The van der Waals surface area contributed by atoms with Crippen LogP contribution in [0.1, 0.15) is 0 Å². The Morgan fingerprint density at radius 2 is 1.14 bits per heavy atom. The predicted octanol–water partition coefficient (Wildman–Crippen LogP) is 8.66. The van der Waals surface area contributed by atoms with Crippen LogP contribution in [0.15, 0.2) is 138 Å². The summed E-state index contributed by atoms with van der Waals surface area (Å²) in [6.07, 6.45) is 3.28. The summed E-state index contributed by atoms with van der Waals surface area (Å²) >= 11 is 0. The SMILES string of the molecule is c1ccc(-c2nc(-c3ccccc3)nc(-c3ccc(-n4c5ccccc5c5c6oc7cncnc7c6ccc54)cc3)n2)cc1. The highest BCUT2D eigenvalue weighted by molar-refractivity contribution is 6.23. The molecule has 4 heterocycles. The van der Waals surface area contributed by atoms with Crippen molar-refractivity contribution in [2.75, 3.05) is 0 Å². The van der Waals surface area contributed by atoms with Gasteiger partial charge in [-0.2, -0.15) is 0 Å². The average molecular weight is 567 g/mol. The van der Waals surface area contributed by atoms with Gasteiger partial charge in [0.25, 0.3) is 0 Å². The van der Waals surface area contributed by atoms with Gasteiger partial charge < -0.3 is 8.98 Å². The van der Waals surface area contributed by atoms with Crippen LogP contribution in [-0.4, -0.2) is 29.5 Å². The monoisotopic (exact) mass is 566 g/mol. The normalized spacial score (nSPS) is 11.6. The highest BCUT2D eigenvalue weighted by Gasteiger charge is 2.19. The molecule has 0 radical (unpaired) electrons. The smallest absolute Gasteiger partial charge is 0.172 e. The molecule has 0 fully saturated rings. The van der Waals surface area contributed by atoms with Crippen molar-refractivity contribution in [3.8, 4) is 39.9 Å². The van der Waals surface area contributed by atoms with Gasteiger partial charge in [-0.25, -0.2) is 24.9 Å². The molecule has 44 heavy (non-hydrogen) atoms. The second-order valence-electron chi connectivity index (χ2n) is 10.6. The van der Waals surface area contributed by atoms with Gasteiger partial charge in [0.05, 0.1) is 22.6 Å². The third kappa shape index (κ3) is 3.80. The van der Waals surface area contributed by atoms with E-state index in [9.17, 15) is 0 Å². The number of rotatable bonds is 4. The van der Waals surface area contributed by atoms with E-state index in [-0.39, 0.29) is 0 Å². The van der Waals surface area contributed by atoms with Gasteiger partial charge >= 0.3 is 0 Å². The molecule has 0 aliphatic carbocycles. The summed E-state index contributed by atoms with van der Waals surface area (Å²) in [6.45, 7) is 0. The number of hydrogen-bond acceptors (Lipinski definition) is 6. The molecular formula is C37H22N6O. The Morgan fingerprint density at radius 3 is 1.82 bits per heavy atom. The molecule has 0 spiro atoms. The van der Waals surface area contributed by atoms with Crippen molar-refractivity contribution in [2.45, 2.75) is 0 Å². The first kappa shape index (κ1) is 24.4. The Kier molecular flexibility index (Phi) is 5.36. The van der Waals surface area contributed by atoms with Gasteiger partial charge in [-0.15, -0.1) is 0 Å². The maximum atomic E-state index is 6.33. The van der Waals surface area contributed by atoms with Gasteiger partial charge in [0, 0.05) is 33.2 Å². The molecule has 0 aliphatic heterocycles. The molecule has 7 heteroatoms. The number of hydrogen-bond donors (Lipinski definition) is 0. The van der Waals surface area contributed by atoms with E-state index in [2.05, 4.69) is 75.2 Å². The quantitative estimate of drug-likeness (QED) is 0.212. The number of para-hydroxylation sites is 1. The molecule has 0 N–H and O–H groups in total. The van der Waals surface area contributed by atoms with E-state index in [1.165, 1.54) is 0 Å². The van der Waals surface area contributed by atoms with Gasteiger partial charge in [-0.1, -0.05) is 78.9 Å². The van der Waals surface area contributed by atoms with Crippen LogP contribution >= 0.6 is 0 Å². The molecule has 4 aromatic heterocycles. The van der Waals surface area contributed by atoms with Crippen molar-refractivity contribution in [3.63, 3.8) is 0 Å². The first-order valence-electron chi connectivity index (χ1n) is 14.3. The molecule has 7 nitrogen and oxygen atoms in total. The molecule has 9 rings (SSSR count). The Bertz CT molecular complexity index is 2430. The van der Waals surface area contributed by atoms with E-state index in [1.54, 1.807) is 12.5 Å². The number of benzene rings is 5. The van der Waals surface area contributed by atoms with Crippen LogP contribution in [0.3, 0.4) is 0 Å². The molecule has 0 amide bonds. The molecule has 0 bridgehead atoms. The van der Waals surface area contributed by atoms with Crippen molar-refractivity contribution in [2.24, 2.45) is 0 Å². The van der Waals surface area contributed by atoms with Gasteiger partial charge in [0.15, 0.2) is 23.1 Å². The Labute approximate surface area is 251 Å². The van der Waals surface area contributed by atoms with Crippen LogP contribution in [0.25, 0.3) is 83.7 Å². The first-order chi connectivity index (χ1) is 21.8. The van der Waals surface area contributed by atoms with Gasteiger partial charge in [-0.05, 0) is 42.5 Å². The Hall–Kier alpha value is -6.21. The van der Waals surface area contributed by atoms with Crippen molar-refractivity contribution in [1.29, 1.82) is 0 Å². The lowest BCUT2D eigenvalue weighted by Crippen LogP contribution is -2.00. The number of nitrogens with zero attached hydrogens (tertiary/aromatic N) is 6. The minimum atomic E-state index is 0.622. The lowest BCUT2D eigenvalue weighted by Gasteiger charge is -2.10. The Morgan fingerprint density at radius 1 is 0.523 bits per heavy atom. The molecule has 0 atom stereocenters. The maximum absolute atomic E-state index is 6.33. The van der Waals surface area contributed by atoms with Gasteiger partial charge in [-0.3, -0.25) is 0 Å². The molecule has 5 aromatic carbocycles. The summed E-state index contributed by atoms with van der Waals surface area (Å²) in [4.78, 5) is 23.3. The molecule has 0 saturated carbocycles. The molecule has 206 valence electrons. The summed E-state index contributed by atoms with van der Waals surface area (Å²) in [5.41, 5.74) is 8.27. The zero-order chi connectivity index (χ0) is 29.0. The highest BCUT2D eigenvalue weighted by atomic mass is 16.3. The largest absolute Gasteiger partial charge is 0.452 e. The second kappa shape index (κ2) is 9.68. The van der Waals surface area contributed by atoms with Crippen LogP contribution in [0.2, 0.25) is 0 Å². The lowest BCUT2D eigenvalue weighted by atomic mass is 10.1. The lowest BCUT2D eigenvalue weighted by molar-refractivity contribution is 0.669. The van der Waals surface area contributed by atoms with Crippen molar-refractivity contribution in [3.05, 3.63) is 134 Å². The molecule has 0 saturated heterocycles. The van der Waals surface area contributed by atoms with Crippen molar-refractivity contribution in [1.82, 2.24) is 29.5 Å². The first-order valence-corrected chi connectivity index (χ1v) is 14.3. The minimum Gasteiger partial charge on any atom is -0.452 e. The molecule has 0 aliphatic rings. The summed E-state index contributed by atoms with van der Waals surface area (Å²) in [7, 11) is 0. The molecule has 0 unspecified atom stereocenters. The molecular weight excluding hydrogens is 544 g/mol. The van der Waals surface area contributed by atoms with Gasteiger partial charge in [0.2, 0.25) is 0 Å². The van der Waals surface area contributed by atoms with Crippen molar-refractivity contribution >= 4 is 43.9 Å². The minimum absolute atomic E-state index is 0.622. The van der Waals surface area contributed by atoms with E-state index < -0.39 is 0 Å². The maximum Gasteiger partial charge on any atom is 0.172 e. The highest BCUT2D eigenvalue weighted by Crippen LogP contribution is 2.40. The van der Waals surface area contributed by atoms with E-state index in [4.69, 9.17) is 19.4 Å². The van der Waals surface area contributed by atoms with E-state index in [0.717, 1.165) is 60.7 Å². The zero-order valence-corrected chi connectivity index (χ0v) is 23.3. The van der Waals surface area contributed by atoms with Crippen LogP contribution in [0.5, 0.6) is 0 Å². The second-order valence-corrected chi connectivity index (χ2v) is 10.6. The summed E-state index contributed by atoms with van der Waals surface area (Å²) in [6, 6.07) is 41.0.